The Morgan fingerprint density at radius 1 is 1.13 bits per heavy atom. The third kappa shape index (κ3) is 4.58. The first kappa shape index (κ1) is 21.7. The SMILES string of the molecule is Cc1nc(NCC(F)(F)F)nc(NCC2CC2(CO)CO)c1-c1nc2ccccc2s1. The highest BCUT2D eigenvalue weighted by atomic mass is 32.1. The molecule has 1 aliphatic carbocycles. The largest absolute Gasteiger partial charge is 0.405 e. The topological polar surface area (TPSA) is 103 Å². The second-order valence-corrected chi connectivity index (χ2v) is 8.80. The fourth-order valence-corrected chi connectivity index (χ4v) is 4.64. The summed E-state index contributed by atoms with van der Waals surface area (Å²) in [5, 5.41) is 25.1. The molecule has 0 aliphatic heterocycles. The Morgan fingerprint density at radius 2 is 1.87 bits per heavy atom. The Bertz CT molecular complexity index is 1050. The third-order valence-electron chi connectivity index (χ3n) is 5.55. The van der Waals surface area contributed by atoms with Crippen molar-refractivity contribution in [1.82, 2.24) is 15.0 Å². The summed E-state index contributed by atoms with van der Waals surface area (Å²) >= 11 is 1.45. The van der Waals surface area contributed by atoms with Gasteiger partial charge in [-0.2, -0.15) is 18.2 Å². The number of rotatable bonds is 8. The molecule has 0 bridgehead atoms. The van der Waals surface area contributed by atoms with Crippen LogP contribution in [0.3, 0.4) is 0 Å². The number of para-hydroxylation sites is 1. The maximum atomic E-state index is 12.6. The molecule has 31 heavy (non-hydrogen) atoms. The smallest absolute Gasteiger partial charge is 0.396 e. The molecule has 11 heteroatoms. The van der Waals surface area contributed by atoms with Crippen LogP contribution in [-0.4, -0.2) is 57.6 Å². The number of anilines is 2. The number of nitrogens with zero attached hydrogens (tertiary/aromatic N) is 3. The molecule has 7 nitrogen and oxygen atoms in total. The molecule has 1 unspecified atom stereocenters. The fourth-order valence-electron chi connectivity index (χ4n) is 3.57. The van der Waals surface area contributed by atoms with Gasteiger partial charge in [0.1, 0.15) is 17.4 Å². The van der Waals surface area contributed by atoms with Crippen LogP contribution in [0.2, 0.25) is 0 Å². The lowest BCUT2D eigenvalue weighted by Gasteiger charge is -2.16. The van der Waals surface area contributed by atoms with Gasteiger partial charge < -0.3 is 20.8 Å². The van der Waals surface area contributed by atoms with Crippen molar-refractivity contribution in [2.45, 2.75) is 19.5 Å². The van der Waals surface area contributed by atoms with E-state index in [4.69, 9.17) is 0 Å². The van der Waals surface area contributed by atoms with Crippen LogP contribution in [-0.2, 0) is 0 Å². The molecule has 4 rings (SSSR count). The van der Waals surface area contributed by atoms with E-state index in [-0.39, 0.29) is 25.1 Å². The summed E-state index contributed by atoms with van der Waals surface area (Å²) in [6.45, 7) is 0.626. The van der Waals surface area contributed by atoms with Gasteiger partial charge in [0.15, 0.2) is 0 Å². The van der Waals surface area contributed by atoms with Crippen LogP contribution in [0, 0.1) is 18.3 Å². The zero-order chi connectivity index (χ0) is 22.2. The molecule has 1 atom stereocenters. The van der Waals surface area contributed by atoms with Gasteiger partial charge in [-0.1, -0.05) is 12.1 Å². The number of aliphatic hydroxyl groups excluding tert-OH is 2. The molecule has 2 heterocycles. The molecule has 166 valence electrons. The van der Waals surface area contributed by atoms with Gasteiger partial charge >= 0.3 is 6.18 Å². The number of thiazole rings is 1. The van der Waals surface area contributed by atoms with Gasteiger partial charge in [-0.05, 0) is 31.4 Å². The van der Waals surface area contributed by atoms with Crippen molar-refractivity contribution in [1.29, 1.82) is 0 Å². The molecule has 2 aromatic heterocycles. The van der Waals surface area contributed by atoms with Gasteiger partial charge in [-0.15, -0.1) is 11.3 Å². The van der Waals surface area contributed by atoms with Gasteiger partial charge in [0.2, 0.25) is 5.95 Å². The first-order valence-electron chi connectivity index (χ1n) is 9.75. The van der Waals surface area contributed by atoms with Crippen molar-refractivity contribution < 1.29 is 23.4 Å². The molecule has 0 radical (unpaired) electrons. The van der Waals surface area contributed by atoms with Gasteiger partial charge in [-0.25, -0.2) is 9.97 Å². The summed E-state index contributed by atoms with van der Waals surface area (Å²) < 4.78 is 38.9. The van der Waals surface area contributed by atoms with Crippen LogP contribution >= 0.6 is 11.3 Å². The van der Waals surface area contributed by atoms with Crippen LogP contribution in [0.5, 0.6) is 0 Å². The lowest BCUT2D eigenvalue weighted by Crippen LogP contribution is -2.23. The van der Waals surface area contributed by atoms with Crippen molar-refractivity contribution in [3.05, 3.63) is 30.0 Å². The average molecular weight is 453 g/mol. The number of fused-ring (bicyclic) bond motifs is 1. The van der Waals surface area contributed by atoms with Crippen LogP contribution in [0.4, 0.5) is 24.9 Å². The Hall–Kier alpha value is -2.50. The molecule has 1 saturated carbocycles. The normalized spacial score (nSPS) is 17.7. The summed E-state index contributed by atoms with van der Waals surface area (Å²) in [6.07, 6.45) is -3.74. The molecule has 4 N–H and O–H groups in total. The second kappa shape index (κ2) is 8.21. The Kier molecular flexibility index (Phi) is 5.75. The second-order valence-electron chi connectivity index (χ2n) is 7.77. The van der Waals surface area contributed by atoms with E-state index in [1.54, 1.807) is 6.92 Å². The minimum Gasteiger partial charge on any atom is -0.396 e. The van der Waals surface area contributed by atoms with Crippen LogP contribution < -0.4 is 10.6 Å². The predicted octanol–water partition coefficient (Wildman–Crippen LogP) is 3.44. The Morgan fingerprint density at radius 3 is 2.52 bits per heavy atom. The minimum atomic E-state index is -4.40. The zero-order valence-corrected chi connectivity index (χ0v) is 17.5. The van der Waals surface area contributed by atoms with Crippen molar-refractivity contribution in [2.24, 2.45) is 11.3 Å². The number of hydrogen-bond donors (Lipinski definition) is 4. The summed E-state index contributed by atoms with van der Waals surface area (Å²) in [5.74, 6) is 0.272. The number of aryl methyl sites for hydroxylation is 1. The minimum absolute atomic E-state index is 0.0348. The maximum Gasteiger partial charge on any atom is 0.405 e. The summed E-state index contributed by atoms with van der Waals surface area (Å²) in [6, 6.07) is 7.63. The van der Waals surface area contributed by atoms with Gasteiger partial charge in [0.05, 0.1) is 34.7 Å². The number of benzene rings is 1. The third-order valence-corrected chi connectivity index (χ3v) is 6.60. The Balaban J connectivity index is 1.67. The monoisotopic (exact) mass is 453 g/mol. The molecule has 1 aliphatic rings. The van der Waals surface area contributed by atoms with E-state index in [2.05, 4.69) is 25.6 Å². The first-order chi connectivity index (χ1) is 14.7. The standard InChI is InChI=1S/C20H22F3N5O2S/c1-11-15(17-27-13-4-2-3-5-14(13)31-17)16(24-7-12-6-19(12,9-29)10-30)28-18(26-11)25-8-20(21,22)23/h2-5,12,29-30H,6-10H2,1H3,(H2,24,25,26,28). The fraction of sp³-hybridized carbons (Fsp3) is 0.450. The van der Waals surface area contributed by atoms with Crippen molar-refractivity contribution in [2.75, 3.05) is 36.9 Å². The summed E-state index contributed by atoms with van der Waals surface area (Å²) in [5.41, 5.74) is 1.40. The zero-order valence-electron chi connectivity index (χ0n) is 16.7. The summed E-state index contributed by atoms with van der Waals surface area (Å²) in [4.78, 5) is 13.1. The van der Waals surface area contributed by atoms with Gasteiger partial charge in [-0.3, -0.25) is 0 Å². The van der Waals surface area contributed by atoms with E-state index < -0.39 is 18.1 Å². The molecule has 0 spiro atoms. The Labute approximate surface area is 180 Å². The lowest BCUT2D eigenvalue weighted by molar-refractivity contribution is -0.115. The van der Waals surface area contributed by atoms with Crippen LogP contribution in [0.1, 0.15) is 12.1 Å². The highest BCUT2D eigenvalue weighted by molar-refractivity contribution is 7.21. The van der Waals surface area contributed by atoms with Gasteiger partial charge in [0, 0.05) is 12.0 Å². The number of halogens is 3. The van der Waals surface area contributed by atoms with Crippen molar-refractivity contribution in [3.63, 3.8) is 0 Å². The van der Waals surface area contributed by atoms with E-state index >= 15 is 0 Å². The van der Waals surface area contributed by atoms with Crippen LogP contribution in [0.15, 0.2) is 24.3 Å². The highest BCUT2D eigenvalue weighted by Crippen LogP contribution is 2.51. The number of hydrogen-bond acceptors (Lipinski definition) is 8. The molecule has 1 aromatic carbocycles. The van der Waals surface area contributed by atoms with Crippen molar-refractivity contribution >= 4 is 33.3 Å². The van der Waals surface area contributed by atoms with Crippen molar-refractivity contribution in [3.8, 4) is 10.6 Å². The maximum absolute atomic E-state index is 12.6. The first-order valence-corrected chi connectivity index (χ1v) is 10.6. The predicted molar refractivity (Wildman–Crippen MR) is 113 cm³/mol. The van der Waals surface area contributed by atoms with Gasteiger partial charge in [0.25, 0.3) is 0 Å². The number of nitrogens with one attached hydrogen (secondary N) is 2. The quantitative estimate of drug-likeness (QED) is 0.414. The summed E-state index contributed by atoms with van der Waals surface area (Å²) in [7, 11) is 0. The van der Waals surface area contributed by atoms with E-state index in [9.17, 15) is 23.4 Å². The molecular formula is C20H22F3N5O2S. The molecular weight excluding hydrogens is 431 g/mol. The number of aromatic nitrogens is 3. The van der Waals surface area contributed by atoms with E-state index in [1.807, 2.05) is 24.3 Å². The van der Waals surface area contributed by atoms with E-state index in [0.29, 0.717) is 35.0 Å². The van der Waals surface area contributed by atoms with E-state index in [1.165, 1.54) is 11.3 Å². The lowest BCUT2D eigenvalue weighted by atomic mass is 10.1. The number of alkyl halides is 3. The molecule has 1 fully saturated rings. The molecule has 0 saturated heterocycles. The highest BCUT2D eigenvalue weighted by Gasteiger charge is 2.53. The average Bonchev–Trinajstić information content (AvgIpc) is 3.28. The number of aliphatic hydroxyl groups is 2. The van der Waals surface area contributed by atoms with E-state index in [0.717, 1.165) is 10.2 Å². The van der Waals surface area contributed by atoms with Crippen LogP contribution in [0.25, 0.3) is 20.8 Å². The molecule has 3 aromatic rings. The molecule has 0 amide bonds.